The van der Waals surface area contributed by atoms with E-state index in [1.54, 1.807) is 17.8 Å². The predicted octanol–water partition coefficient (Wildman–Crippen LogP) is 2.11. The van der Waals surface area contributed by atoms with Gasteiger partial charge in [0.1, 0.15) is 5.82 Å². The van der Waals surface area contributed by atoms with Gasteiger partial charge in [0.05, 0.1) is 18.2 Å². The minimum atomic E-state index is -0.296. The van der Waals surface area contributed by atoms with Crippen molar-refractivity contribution < 1.29 is 9.59 Å². The van der Waals surface area contributed by atoms with E-state index in [0.717, 1.165) is 22.5 Å². The van der Waals surface area contributed by atoms with Crippen molar-refractivity contribution in [3.05, 3.63) is 41.1 Å². The van der Waals surface area contributed by atoms with Crippen LogP contribution in [0.4, 0.5) is 16.3 Å². The van der Waals surface area contributed by atoms with Crippen molar-refractivity contribution in [3.63, 3.8) is 0 Å². The van der Waals surface area contributed by atoms with Crippen LogP contribution < -0.4 is 16.0 Å². The first kappa shape index (κ1) is 15.1. The summed E-state index contributed by atoms with van der Waals surface area (Å²) in [4.78, 5) is 23.5. The molecule has 1 aliphatic heterocycles. The minimum absolute atomic E-state index is 0.00193. The number of anilines is 2. The number of hydrogen-bond donors (Lipinski definition) is 3. The van der Waals surface area contributed by atoms with Crippen LogP contribution in [0.25, 0.3) is 0 Å². The Hall–Kier alpha value is -2.83. The molecule has 7 nitrogen and oxygen atoms in total. The quantitative estimate of drug-likeness (QED) is 0.811. The average Bonchev–Trinajstić information content (AvgIpc) is 2.99. The summed E-state index contributed by atoms with van der Waals surface area (Å²) in [7, 11) is 1.77. The summed E-state index contributed by atoms with van der Waals surface area (Å²) in [5.74, 6) is 0.637. The Balaban J connectivity index is 1.66. The van der Waals surface area contributed by atoms with Crippen molar-refractivity contribution >= 4 is 23.4 Å². The molecule has 0 radical (unpaired) electrons. The Morgan fingerprint density at radius 2 is 2.17 bits per heavy atom. The van der Waals surface area contributed by atoms with Crippen molar-refractivity contribution in [2.75, 3.05) is 10.6 Å². The molecule has 7 heteroatoms. The normalized spacial score (nSPS) is 14.1. The van der Waals surface area contributed by atoms with Gasteiger partial charge in [-0.05, 0) is 31.0 Å². The van der Waals surface area contributed by atoms with Gasteiger partial charge in [0.25, 0.3) is 0 Å². The molecular weight excluding hydrogens is 294 g/mol. The van der Waals surface area contributed by atoms with E-state index in [2.05, 4.69) is 21.0 Å². The summed E-state index contributed by atoms with van der Waals surface area (Å²) in [6.07, 6.45) is 0.385. The number of carbonyl (C=O) groups excluding carboxylic acids is 2. The van der Waals surface area contributed by atoms with E-state index in [4.69, 9.17) is 0 Å². The Kier molecular flexibility index (Phi) is 3.77. The number of fused-ring (bicyclic) bond motifs is 1. The van der Waals surface area contributed by atoms with Gasteiger partial charge in [-0.1, -0.05) is 12.1 Å². The van der Waals surface area contributed by atoms with Gasteiger partial charge in [-0.2, -0.15) is 5.10 Å². The number of benzene rings is 1. The maximum Gasteiger partial charge on any atom is 0.320 e. The molecule has 2 heterocycles. The van der Waals surface area contributed by atoms with Crippen LogP contribution in [0.3, 0.4) is 0 Å². The largest absolute Gasteiger partial charge is 0.331 e. The van der Waals surface area contributed by atoms with E-state index in [1.807, 2.05) is 32.0 Å². The first-order valence-corrected chi connectivity index (χ1v) is 7.43. The molecule has 120 valence electrons. The lowest BCUT2D eigenvalue weighted by molar-refractivity contribution is -0.115. The molecule has 1 aromatic carbocycles. The number of aryl methyl sites for hydroxylation is 2. The molecule has 1 aromatic heterocycles. The molecular formula is C16H19N5O2. The number of carbonyl (C=O) groups is 2. The third-order valence-electron chi connectivity index (χ3n) is 3.85. The fourth-order valence-electron chi connectivity index (χ4n) is 2.68. The lowest BCUT2D eigenvalue weighted by Gasteiger charge is -2.16. The SMILES string of the molecule is Cc1cc(NC(=O)N[C@H](C)c2ccc3c(c2)CC(=O)N3)n(C)n1. The smallest absolute Gasteiger partial charge is 0.320 e. The Bertz CT molecular complexity index is 781. The maximum atomic E-state index is 12.1. The van der Waals surface area contributed by atoms with Crippen LogP contribution in [0.15, 0.2) is 24.3 Å². The molecule has 0 fully saturated rings. The summed E-state index contributed by atoms with van der Waals surface area (Å²) < 4.78 is 1.62. The molecule has 23 heavy (non-hydrogen) atoms. The molecule has 3 rings (SSSR count). The number of urea groups is 1. The molecule has 0 saturated heterocycles. The number of hydrogen-bond acceptors (Lipinski definition) is 3. The second-order valence-corrected chi connectivity index (χ2v) is 5.76. The van der Waals surface area contributed by atoms with Crippen molar-refractivity contribution in [1.29, 1.82) is 0 Å². The van der Waals surface area contributed by atoms with E-state index < -0.39 is 0 Å². The Morgan fingerprint density at radius 3 is 2.87 bits per heavy atom. The first-order valence-electron chi connectivity index (χ1n) is 7.43. The highest BCUT2D eigenvalue weighted by atomic mass is 16.2. The number of amides is 3. The van der Waals surface area contributed by atoms with E-state index in [0.29, 0.717) is 12.2 Å². The van der Waals surface area contributed by atoms with Crippen LogP contribution in [-0.2, 0) is 18.3 Å². The second kappa shape index (κ2) is 5.75. The van der Waals surface area contributed by atoms with Gasteiger partial charge in [0, 0.05) is 18.8 Å². The van der Waals surface area contributed by atoms with Crippen LogP contribution in [0.1, 0.15) is 29.8 Å². The highest BCUT2D eigenvalue weighted by Gasteiger charge is 2.19. The van der Waals surface area contributed by atoms with Gasteiger partial charge < -0.3 is 10.6 Å². The summed E-state index contributed by atoms with van der Waals surface area (Å²) in [5, 5.41) is 12.6. The summed E-state index contributed by atoms with van der Waals surface area (Å²) >= 11 is 0. The summed E-state index contributed by atoms with van der Waals surface area (Å²) in [6, 6.07) is 7.06. The fourth-order valence-corrected chi connectivity index (χ4v) is 2.68. The van der Waals surface area contributed by atoms with Gasteiger partial charge in [-0.15, -0.1) is 0 Å². The molecule has 0 spiro atoms. The number of aromatic nitrogens is 2. The van der Waals surface area contributed by atoms with Crippen molar-refractivity contribution in [3.8, 4) is 0 Å². The van der Waals surface area contributed by atoms with E-state index in [-0.39, 0.29) is 18.0 Å². The van der Waals surface area contributed by atoms with Crippen LogP contribution in [0.5, 0.6) is 0 Å². The monoisotopic (exact) mass is 313 g/mol. The highest BCUT2D eigenvalue weighted by molar-refractivity contribution is 5.99. The average molecular weight is 313 g/mol. The molecule has 0 unspecified atom stereocenters. The third-order valence-corrected chi connectivity index (χ3v) is 3.85. The first-order chi connectivity index (χ1) is 10.9. The molecule has 1 atom stereocenters. The highest BCUT2D eigenvalue weighted by Crippen LogP contribution is 2.26. The fraction of sp³-hybridized carbons (Fsp3) is 0.312. The Morgan fingerprint density at radius 1 is 1.39 bits per heavy atom. The van der Waals surface area contributed by atoms with Gasteiger partial charge in [0.15, 0.2) is 0 Å². The zero-order valence-corrected chi connectivity index (χ0v) is 13.3. The van der Waals surface area contributed by atoms with E-state index in [1.165, 1.54) is 0 Å². The maximum absolute atomic E-state index is 12.1. The predicted molar refractivity (Wildman–Crippen MR) is 87.3 cm³/mol. The molecule has 1 aliphatic rings. The number of rotatable bonds is 3. The van der Waals surface area contributed by atoms with E-state index in [9.17, 15) is 9.59 Å². The zero-order chi connectivity index (χ0) is 16.6. The molecule has 0 saturated carbocycles. The zero-order valence-electron chi connectivity index (χ0n) is 13.3. The second-order valence-electron chi connectivity index (χ2n) is 5.76. The molecule has 2 aromatic rings. The summed E-state index contributed by atoms with van der Waals surface area (Å²) in [6.45, 7) is 3.77. The van der Waals surface area contributed by atoms with Crippen LogP contribution >= 0.6 is 0 Å². The van der Waals surface area contributed by atoms with Crippen LogP contribution in [-0.4, -0.2) is 21.7 Å². The molecule has 3 amide bonds. The van der Waals surface area contributed by atoms with Gasteiger partial charge >= 0.3 is 6.03 Å². The standard InChI is InChI=1S/C16H19N5O2/c1-9-6-14(21(3)20-9)19-16(23)17-10(2)11-4-5-13-12(7-11)8-15(22)18-13/h4-7,10H,8H2,1-3H3,(H,18,22)(H2,17,19,23)/t10-/m1/s1. The van der Waals surface area contributed by atoms with Crippen LogP contribution in [0.2, 0.25) is 0 Å². The Labute approximate surface area is 134 Å². The minimum Gasteiger partial charge on any atom is -0.331 e. The molecule has 3 N–H and O–H groups in total. The lowest BCUT2D eigenvalue weighted by Crippen LogP contribution is -2.31. The number of nitrogens with one attached hydrogen (secondary N) is 3. The van der Waals surface area contributed by atoms with Crippen molar-refractivity contribution in [2.45, 2.75) is 26.3 Å². The van der Waals surface area contributed by atoms with Crippen molar-refractivity contribution in [1.82, 2.24) is 15.1 Å². The van der Waals surface area contributed by atoms with Crippen LogP contribution in [0, 0.1) is 6.92 Å². The summed E-state index contributed by atoms with van der Waals surface area (Å²) in [5.41, 5.74) is 3.60. The van der Waals surface area contributed by atoms with Gasteiger partial charge in [0.2, 0.25) is 5.91 Å². The lowest BCUT2D eigenvalue weighted by atomic mass is 10.0. The van der Waals surface area contributed by atoms with Crippen molar-refractivity contribution in [2.24, 2.45) is 7.05 Å². The van der Waals surface area contributed by atoms with Gasteiger partial charge in [-0.25, -0.2) is 4.79 Å². The van der Waals surface area contributed by atoms with E-state index >= 15 is 0 Å². The molecule has 0 bridgehead atoms. The number of nitrogens with zero attached hydrogens (tertiary/aromatic N) is 2. The molecule has 0 aliphatic carbocycles. The topological polar surface area (TPSA) is 88.0 Å². The van der Waals surface area contributed by atoms with Gasteiger partial charge in [-0.3, -0.25) is 14.8 Å². The third kappa shape index (κ3) is 3.18.